The molecule has 3 fully saturated rings. The van der Waals surface area contributed by atoms with Gasteiger partial charge in [-0.2, -0.15) is 0 Å². The highest BCUT2D eigenvalue weighted by molar-refractivity contribution is 5.94. The Hall–Kier alpha value is -3.77. The second-order valence-electron chi connectivity index (χ2n) is 11.2. The van der Waals surface area contributed by atoms with Gasteiger partial charge in [-0.1, -0.05) is 18.0 Å². The summed E-state index contributed by atoms with van der Waals surface area (Å²) in [5.74, 6) is -2.41. The van der Waals surface area contributed by atoms with E-state index in [2.05, 4.69) is 30.7 Å². The summed E-state index contributed by atoms with van der Waals surface area (Å²) in [5, 5.41) is 20.6. The lowest BCUT2D eigenvalue weighted by molar-refractivity contribution is -0.130. The van der Waals surface area contributed by atoms with Crippen LogP contribution in [0.1, 0.15) is 61.3 Å². The first-order chi connectivity index (χ1) is 19.8. The third-order valence-electron chi connectivity index (χ3n) is 8.51. The quantitative estimate of drug-likeness (QED) is 0.398. The molecule has 0 bridgehead atoms. The molecule has 0 radical (unpaired) electrons. The van der Waals surface area contributed by atoms with Crippen molar-refractivity contribution in [1.29, 1.82) is 0 Å². The van der Waals surface area contributed by atoms with Crippen LogP contribution in [0.3, 0.4) is 0 Å². The molecular formula is C29H32F2N6O4. The monoisotopic (exact) mass is 566 g/mol. The first-order valence-corrected chi connectivity index (χ1v) is 14.1. The topological polar surface area (TPSA) is 133 Å². The third kappa shape index (κ3) is 5.71. The number of benzene rings is 1. The second-order valence-corrected chi connectivity index (χ2v) is 11.2. The minimum atomic E-state index is -0.835. The number of amides is 2. The molecule has 4 atom stereocenters. The zero-order valence-electron chi connectivity index (χ0n) is 22.4. The number of piperidine rings is 1. The van der Waals surface area contributed by atoms with Crippen LogP contribution in [-0.2, 0) is 10.3 Å². The van der Waals surface area contributed by atoms with Crippen LogP contribution in [0.4, 0.5) is 8.78 Å². The molecule has 0 spiro atoms. The average Bonchev–Trinajstić information content (AvgIpc) is 3.59. The van der Waals surface area contributed by atoms with E-state index < -0.39 is 41.1 Å². The lowest BCUT2D eigenvalue weighted by Crippen LogP contribution is -2.60. The van der Waals surface area contributed by atoms with Crippen LogP contribution in [0.5, 0.6) is 0 Å². The number of nitrogens with zero attached hydrogens (tertiary/aromatic N) is 4. The fourth-order valence-corrected chi connectivity index (χ4v) is 6.08. The van der Waals surface area contributed by atoms with E-state index in [1.165, 1.54) is 12.1 Å². The van der Waals surface area contributed by atoms with E-state index in [9.17, 15) is 23.5 Å². The van der Waals surface area contributed by atoms with Gasteiger partial charge in [0.15, 0.2) is 17.3 Å². The van der Waals surface area contributed by atoms with Gasteiger partial charge >= 0.3 is 0 Å². The number of aromatic nitrogens is 3. The van der Waals surface area contributed by atoms with Gasteiger partial charge < -0.3 is 20.3 Å². The van der Waals surface area contributed by atoms with Crippen LogP contribution in [0, 0.1) is 17.6 Å². The van der Waals surface area contributed by atoms with E-state index in [-0.39, 0.29) is 29.0 Å². The number of rotatable bonds is 7. The molecule has 3 aliphatic rings. The average molecular weight is 567 g/mol. The molecule has 0 unspecified atom stereocenters. The molecule has 216 valence electrons. The molecule has 1 aromatic carbocycles. The normalized spacial score (nSPS) is 25.8. The largest absolute Gasteiger partial charge is 0.391 e. The highest BCUT2D eigenvalue weighted by Crippen LogP contribution is 2.44. The van der Waals surface area contributed by atoms with Crippen molar-refractivity contribution in [3.05, 3.63) is 65.9 Å². The Morgan fingerprint density at radius 3 is 2.59 bits per heavy atom. The van der Waals surface area contributed by atoms with Crippen LogP contribution < -0.4 is 10.6 Å². The molecule has 6 rings (SSSR count). The Balaban J connectivity index is 1.20. The van der Waals surface area contributed by atoms with E-state index >= 15 is 0 Å². The highest BCUT2D eigenvalue weighted by atomic mass is 19.1. The van der Waals surface area contributed by atoms with Gasteiger partial charge in [0.1, 0.15) is 11.6 Å². The predicted molar refractivity (Wildman–Crippen MR) is 142 cm³/mol. The van der Waals surface area contributed by atoms with E-state index in [4.69, 9.17) is 4.52 Å². The summed E-state index contributed by atoms with van der Waals surface area (Å²) in [6.07, 6.45) is 8.36. The lowest BCUT2D eigenvalue weighted by atomic mass is 9.85. The van der Waals surface area contributed by atoms with Crippen LogP contribution in [-0.4, -0.2) is 68.2 Å². The van der Waals surface area contributed by atoms with Crippen LogP contribution in [0.25, 0.3) is 11.3 Å². The number of halogens is 2. The van der Waals surface area contributed by atoms with Crippen LogP contribution in [0.2, 0.25) is 0 Å². The zero-order chi connectivity index (χ0) is 28.6. The molecule has 3 N–H and O–H groups in total. The van der Waals surface area contributed by atoms with Crippen molar-refractivity contribution in [2.45, 2.75) is 68.7 Å². The number of hydrogen-bond donors (Lipinski definition) is 3. The molecule has 10 nitrogen and oxygen atoms in total. The van der Waals surface area contributed by atoms with Gasteiger partial charge in [0, 0.05) is 49.7 Å². The summed E-state index contributed by atoms with van der Waals surface area (Å²) in [5.41, 5.74) is -0.725. The van der Waals surface area contributed by atoms with Crippen LogP contribution >= 0.6 is 0 Å². The SMILES string of the molecule is O=C(N[C@H]1CCN([C@@H]2CCCC[C@@H]2O)C[C@@H]1C(=O)NC1(c2ncccn2)CC1)c1cc(-c2ccc(F)cc2F)on1. The molecule has 2 aliphatic carbocycles. The Labute approximate surface area is 235 Å². The smallest absolute Gasteiger partial charge is 0.273 e. The second kappa shape index (κ2) is 11.2. The first-order valence-electron chi connectivity index (χ1n) is 14.1. The highest BCUT2D eigenvalue weighted by Gasteiger charge is 2.50. The fraction of sp³-hybridized carbons (Fsp3) is 0.483. The van der Waals surface area contributed by atoms with Crippen molar-refractivity contribution in [2.75, 3.05) is 13.1 Å². The molecule has 1 aliphatic heterocycles. The van der Waals surface area contributed by atoms with E-state index in [1.807, 2.05) is 0 Å². The van der Waals surface area contributed by atoms with Gasteiger partial charge in [-0.15, -0.1) is 0 Å². The number of hydrogen-bond acceptors (Lipinski definition) is 8. The lowest BCUT2D eigenvalue weighted by Gasteiger charge is -2.44. The zero-order valence-corrected chi connectivity index (χ0v) is 22.4. The number of aliphatic hydroxyl groups excluding tert-OH is 1. The molecule has 2 aromatic heterocycles. The predicted octanol–water partition coefficient (Wildman–Crippen LogP) is 2.94. The Kier molecular flexibility index (Phi) is 7.52. The Bertz CT molecular complexity index is 1420. The van der Waals surface area contributed by atoms with Gasteiger partial charge in [0.05, 0.1) is 23.1 Å². The molecule has 3 aromatic rings. The minimum absolute atomic E-state index is 0.0124. The van der Waals surface area contributed by atoms with E-state index in [0.717, 1.165) is 50.7 Å². The number of likely N-dealkylation sites (tertiary alicyclic amines) is 1. The summed E-state index contributed by atoms with van der Waals surface area (Å²) in [4.78, 5) is 37.9. The minimum Gasteiger partial charge on any atom is -0.391 e. The molecule has 2 amide bonds. The number of carbonyl (C=O) groups is 2. The molecule has 3 heterocycles. The standard InChI is InChI=1S/C29H32F2N6O4/c30-17-6-7-18(20(31)14-17)25-15-22(36-41-25)27(40)34-21-8-13-37(23-4-1-2-5-24(23)38)16-19(21)26(39)35-29(9-10-29)28-32-11-3-12-33-28/h3,6-7,11-12,14-15,19,21,23-24,38H,1-2,4-5,8-10,13,16H2,(H,34,40)(H,35,39)/t19-,21-,23+,24-/m0/s1. The van der Waals surface area contributed by atoms with Crippen LogP contribution in [0.15, 0.2) is 47.2 Å². The fourth-order valence-electron chi connectivity index (χ4n) is 6.08. The molecule has 12 heteroatoms. The van der Waals surface area contributed by atoms with E-state index in [1.54, 1.807) is 18.5 Å². The van der Waals surface area contributed by atoms with Gasteiger partial charge in [0.2, 0.25) is 5.91 Å². The van der Waals surface area contributed by atoms with Gasteiger partial charge in [-0.25, -0.2) is 18.7 Å². The third-order valence-corrected chi connectivity index (χ3v) is 8.51. The Morgan fingerprint density at radius 2 is 1.85 bits per heavy atom. The van der Waals surface area contributed by atoms with Crippen molar-refractivity contribution in [3.63, 3.8) is 0 Å². The van der Waals surface area contributed by atoms with Crippen molar-refractivity contribution in [1.82, 2.24) is 30.7 Å². The van der Waals surface area contributed by atoms with Gasteiger partial charge in [-0.3, -0.25) is 14.5 Å². The number of aliphatic hydroxyl groups is 1. The summed E-state index contributed by atoms with van der Waals surface area (Å²) in [6.45, 7) is 0.976. The number of carbonyl (C=O) groups excluding carboxylic acids is 2. The maximum absolute atomic E-state index is 14.2. The maximum Gasteiger partial charge on any atom is 0.273 e. The molecule has 1 saturated heterocycles. The van der Waals surface area contributed by atoms with Gasteiger partial charge in [0.25, 0.3) is 5.91 Å². The summed E-state index contributed by atoms with van der Waals surface area (Å²) >= 11 is 0. The summed E-state index contributed by atoms with van der Waals surface area (Å²) in [6, 6.07) is 5.49. The molecular weight excluding hydrogens is 534 g/mol. The molecule has 2 saturated carbocycles. The van der Waals surface area contributed by atoms with E-state index in [0.29, 0.717) is 25.3 Å². The summed E-state index contributed by atoms with van der Waals surface area (Å²) < 4.78 is 32.7. The maximum atomic E-state index is 14.2. The van der Waals surface area contributed by atoms with Crippen molar-refractivity contribution in [3.8, 4) is 11.3 Å². The van der Waals surface area contributed by atoms with Gasteiger partial charge in [-0.05, 0) is 50.3 Å². The number of nitrogens with one attached hydrogen (secondary N) is 2. The Morgan fingerprint density at radius 1 is 1.07 bits per heavy atom. The van der Waals surface area contributed by atoms with Crippen molar-refractivity contribution >= 4 is 11.8 Å². The molecule has 41 heavy (non-hydrogen) atoms. The summed E-state index contributed by atoms with van der Waals surface area (Å²) in [7, 11) is 0. The van der Waals surface area contributed by atoms with Crippen molar-refractivity contribution in [2.24, 2.45) is 5.92 Å². The van der Waals surface area contributed by atoms with Crippen molar-refractivity contribution < 1.29 is 28.0 Å². The first kappa shape index (κ1) is 27.4.